The number of pyridine rings is 1. The van der Waals surface area contributed by atoms with Gasteiger partial charge in [-0.1, -0.05) is 0 Å². The van der Waals surface area contributed by atoms with Crippen LogP contribution in [-0.2, 0) is 0 Å². The molecule has 2 rings (SSSR count). The molecule has 0 saturated heterocycles. The second-order valence-corrected chi connectivity index (χ2v) is 5.27. The van der Waals surface area contributed by atoms with Gasteiger partial charge in [-0.3, -0.25) is 10.1 Å². The van der Waals surface area contributed by atoms with Gasteiger partial charge in [-0.2, -0.15) is 0 Å². The minimum atomic E-state index is -1.33. The highest BCUT2D eigenvalue weighted by Crippen LogP contribution is 2.41. The van der Waals surface area contributed by atoms with Crippen LogP contribution in [0.1, 0.15) is 37.0 Å². The van der Waals surface area contributed by atoms with Crippen molar-refractivity contribution in [1.82, 2.24) is 4.98 Å². The smallest absolute Gasteiger partial charge is 0.342 e. The van der Waals surface area contributed by atoms with E-state index in [1.165, 1.54) is 6.07 Å². The Morgan fingerprint density at radius 2 is 2.21 bits per heavy atom. The van der Waals surface area contributed by atoms with Gasteiger partial charge in [-0.25, -0.2) is 9.78 Å². The Labute approximate surface area is 109 Å². The fourth-order valence-electron chi connectivity index (χ4n) is 2.07. The van der Waals surface area contributed by atoms with Crippen molar-refractivity contribution in [3.63, 3.8) is 0 Å². The minimum Gasteiger partial charge on any atom is -0.477 e. The summed E-state index contributed by atoms with van der Waals surface area (Å²) in [6.07, 6.45) is 3.23. The third-order valence-corrected chi connectivity index (χ3v) is 3.36. The van der Waals surface area contributed by atoms with Crippen molar-refractivity contribution >= 4 is 17.5 Å². The van der Waals surface area contributed by atoms with Crippen LogP contribution in [0.5, 0.6) is 0 Å². The molecule has 0 atom stereocenters. The fraction of sp³-hybridized carbons (Fsp3) is 0.500. The largest absolute Gasteiger partial charge is 0.477 e. The van der Waals surface area contributed by atoms with E-state index in [1.807, 2.05) is 13.8 Å². The Hall–Kier alpha value is -2.18. The summed E-state index contributed by atoms with van der Waals surface area (Å²) in [5.41, 5.74) is -1.05. The molecule has 1 aromatic heterocycles. The molecular weight excluding hydrogens is 250 g/mol. The van der Waals surface area contributed by atoms with Gasteiger partial charge in [0.1, 0.15) is 17.6 Å². The monoisotopic (exact) mass is 265 g/mol. The number of rotatable bonds is 5. The van der Waals surface area contributed by atoms with Gasteiger partial charge in [-0.05, 0) is 32.6 Å². The van der Waals surface area contributed by atoms with Crippen molar-refractivity contribution in [2.75, 3.05) is 5.32 Å². The number of nitrogens with one attached hydrogen (secondary N) is 1. The second-order valence-electron chi connectivity index (χ2n) is 5.27. The maximum absolute atomic E-state index is 11.0. The molecule has 1 saturated carbocycles. The van der Waals surface area contributed by atoms with Gasteiger partial charge in [0, 0.05) is 11.6 Å². The number of aromatic nitrogens is 1. The zero-order valence-corrected chi connectivity index (χ0v) is 10.7. The summed E-state index contributed by atoms with van der Waals surface area (Å²) < 4.78 is 0. The van der Waals surface area contributed by atoms with Crippen LogP contribution >= 0.6 is 0 Å². The molecular formula is C12H15N3O4. The Kier molecular flexibility index (Phi) is 3.13. The van der Waals surface area contributed by atoms with Gasteiger partial charge < -0.3 is 10.4 Å². The molecule has 1 heterocycles. The lowest BCUT2D eigenvalue weighted by atomic mass is 9.99. The summed E-state index contributed by atoms with van der Waals surface area (Å²) >= 11 is 0. The lowest BCUT2D eigenvalue weighted by Gasteiger charge is -2.26. The Bertz CT molecular complexity index is 538. The van der Waals surface area contributed by atoms with Crippen molar-refractivity contribution < 1.29 is 14.8 Å². The van der Waals surface area contributed by atoms with Gasteiger partial charge in [0.25, 0.3) is 0 Å². The third-order valence-electron chi connectivity index (χ3n) is 3.36. The van der Waals surface area contributed by atoms with E-state index in [0.29, 0.717) is 11.7 Å². The summed E-state index contributed by atoms with van der Waals surface area (Å²) in [6.45, 7) is 4.02. The van der Waals surface area contributed by atoms with E-state index in [2.05, 4.69) is 10.3 Å². The fourth-order valence-corrected chi connectivity index (χ4v) is 2.07. The van der Waals surface area contributed by atoms with Gasteiger partial charge >= 0.3 is 11.7 Å². The molecule has 0 aromatic carbocycles. The molecule has 0 spiro atoms. The number of carbonyl (C=O) groups is 1. The zero-order valence-electron chi connectivity index (χ0n) is 10.7. The predicted molar refractivity (Wildman–Crippen MR) is 68.3 cm³/mol. The van der Waals surface area contributed by atoms with Crippen LogP contribution in [0.2, 0.25) is 0 Å². The number of nitrogens with zero attached hydrogens (tertiary/aromatic N) is 2. The Morgan fingerprint density at radius 1 is 1.58 bits per heavy atom. The molecule has 0 bridgehead atoms. The number of hydrogen-bond acceptors (Lipinski definition) is 5. The van der Waals surface area contributed by atoms with Crippen LogP contribution in [0, 0.1) is 16.0 Å². The Balaban J connectivity index is 2.30. The first kappa shape index (κ1) is 13.3. The first-order valence-electron chi connectivity index (χ1n) is 5.97. The summed E-state index contributed by atoms with van der Waals surface area (Å²) in [5, 5.41) is 22.9. The SMILES string of the molecule is CC(C)(Nc1cc(C(=O)O)c([N+](=O)[O-])cn1)C1CC1. The van der Waals surface area contributed by atoms with Crippen molar-refractivity contribution in [3.8, 4) is 0 Å². The van der Waals surface area contributed by atoms with Crippen molar-refractivity contribution in [2.45, 2.75) is 32.2 Å². The molecule has 0 aliphatic heterocycles. The third kappa shape index (κ3) is 2.81. The highest BCUT2D eigenvalue weighted by Gasteiger charge is 2.38. The summed E-state index contributed by atoms with van der Waals surface area (Å²) in [7, 11) is 0. The molecule has 1 aliphatic rings. The lowest BCUT2D eigenvalue weighted by molar-refractivity contribution is -0.385. The second kappa shape index (κ2) is 4.49. The van der Waals surface area contributed by atoms with Crippen molar-refractivity contribution in [1.29, 1.82) is 0 Å². The summed E-state index contributed by atoms with van der Waals surface area (Å²) in [4.78, 5) is 24.9. The number of nitro groups is 1. The van der Waals surface area contributed by atoms with Crippen molar-refractivity contribution in [2.24, 2.45) is 5.92 Å². The Morgan fingerprint density at radius 3 is 2.68 bits per heavy atom. The summed E-state index contributed by atoms with van der Waals surface area (Å²) in [6, 6.07) is 1.21. The molecule has 7 nitrogen and oxygen atoms in total. The standard InChI is InChI=1S/C12H15N3O4/c1-12(2,7-3-4-7)14-10-5-8(11(16)17)9(6-13-10)15(18)19/h5-7H,3-4H2,1-2H3,(H,13,14)(H,16,17). The van der Waals surface area contributed by atoms with E-state index in [9.17, 15) is 14.9 Å². The quantitative estimate of drug-likeness (QED) is 0.625. The van der Waals surface area contributed by atoms with E-state index in [0.717, 1.165) is 19.0 Å². The van der Waals surface area contributed by atoms with E-state index >= 15 is 0 Å². The zero-order chi connectivity index (χ0) is 14.2. The van der Waals surface area contributed by atoms with Crippen LogP contribution in [-0.4, -0.2) is 26.5 Å². The van der Waals surface area contributed by atoms with Crippen LogP contribution < -0.4 is 5.32 Å². The average Bonchev–Trinajstić information content (AvgIpc) is 3.11. The predicted octanol–water partition coefficient (Wildman–Crippen LogP) is 2.29. The normalized spacial score (nSPS) is 15.1. The first-order valence-corrected chi connectivity index (χ1v) is 5.97. The van der Waals surface area contributed by atoms with Crippen LogP contribution in [0.15, 0.2) is 12.3 Å². The van der Waals surface area contributed by atoms with Gasteiger partial charge in [-0.15, -0.1) is 0 Å². The molecule has 19 heavy (non-hydrogen) atoms. The van der Waals surface area contributed by atoms with Crippen molar-refractivity contribution in [3.05, 3.63) is 27.9 Å². The number of anilines is 1. The molecule has 1 fully saturated rings. The maximum Gasteiger partial charge on any atom is 0.342 e. The molecule has 1 aliphatic carbocycles. The van der Waals surface area contributed by atoms with Gasteiger partial charge in [0.15, 0.2) is 0 Å². The number of carboxylic acid groups (broad SMARTS) is 1. The van der Waals surface area contributed by atoms with E-state index in [-0.39, 0.29) is 11.1 Å². The lowest BCUT2D eigenvalue weighted by Crippen LogP contribution is -2.33. The molecule has 0 radical (unpaired) electrons. The molecule has 7 heteroatoms. The summed E-state index contributed by atoms with van der Waals surface area (Å²) in [5.74, 6) is -0.459. The molecule has 0 unspecified atom stereocenters. The minimum absolute atomic E-state index is 0.196. The maximum atomic E-state index is 11.0. The molecule has 1 aromatic rings. The number of aromatic carboxylic acids is 1. The average molecular weight is 265 g/mol. The molecule has 102 valence electrons. The molecule has 2 N–H and O–H groups in total. The van der Waals surface area contributed by atoms with E-state index < -0.39 is 16.6 Å². The highest BCUT2D eigenvalue weighted by molar-refractivity contribution is 5.93. The van der Waals surface area contributed by atoms with Gasteiger partial charge in [0.05, 0.1) is 4.92 Å². The van der Waals surface area contributed by atoms with E-state index in [4.69, 9.17) is 5.11 Å². The first-order chi connectivity index (χ1) is 8.81. The van der Waals surface area contributed by atoms with Gasteiger partial charge in [0.2, 0.25) is 0 Å². The topological polar surface area (TPSA) is 105 Å². The van der Waals surface area contributed by atoms with E-state index in [1.54, 1.807) is 0 Å². The number of carboxylic acids is 1. The van der Waals surface area contributed by atoms with Crippen LogP contribution in [0.4, 0.5) is 11.5 Å². The van der Waals surface area contributed by atoms with Crippen LogP contribution in [0.25, 0.3) is 0 Å². The number of hydrogen-bond donors (Lipinski definition) is 2. The highest BCUT2D eigenvalue weighted by atomic mass is 16.6. The molecule has 0 amide bonds. The van der Waals surface area contributed by atoms with Crippen LogP contribution in [0.3, 0.4) is 0 Å².